The lowest BCUT2D eigenvalue weighted by molar-refractivity contribution is -0.115. The van der Waals surface area contributed by atoms with E-state index in [-0.39, 0.29) is 29.1 Å². The van der Waals surface area contributed by atoms with E-state index in [1.165, 1.54) is 12.1 Å². The molecule has 6 heteroatoms. The molecule has 0 heterocycles. The van der Waals surface area contributed by atoms with Gasteiger partial charge in [0, 0.05) is 19.6 Å². The Morgan fingerprint density at radius 3 is 2.86 bits per heavy atom. The van der Waals surface area contributed by atoms with Crippen LogP contribution in [0.15, 0.2) is 18.2 Å². The maximum Gasteiger partial charge on any atom is 0.138 e. The molecule has 1 aromatic carbocycles. The van der Waals surface area contributed by atoms with Gasteiger partial charge in [0.25, 0.3) is 0 Å². The van der Waals surface area contributed by atoms with Gasteiger partial charge in [0.05, 0.1) is 18.2 Å². The normalized spacial score (nSPS) is 24.7. The summed E-state index contributed by atoms with van der Waals surface area (Å²) in [6.07, 6.45) is 0.689. The first-order chi connectivity index (χ1) is 10.2. The van der Waals surface area contributed by atoms with Crippen LogP contribution in [0.3, 0.4) is 0 Å². The van der Waals surface area contributed by atoms with Crippen LogP contribution in [0.2, 0.25) is 5.02 Å². The summed E-state index contributed by atoms with van der Waals surface area (Å²) in [5.74, 6) is 0.109. The van der Waals surface area contributed by atoms with Crippen molar-refractivity contribution in [3.63, 3.8) is 0 Å². The fraction of sp³-hybridized carbons (Fsp3) is 0.600. The standard InChI is InChI=1S/C15H21ClFNO3/c1-3-18-12-9-14(15(12)20-7-6-19-2)21-13-5-4-10(17)8-11(13)16/h4-5,8,12,14-15,18H,3,6-7,9H2,1-2H3. The second-order valence-corrected chi connectivity index (χ2v) is 5.37. The van der Waals surface area contributed by atoms with Gasteiger partial charge in [0.2, 0.25) is 0 Å². The first-order valence-electron chi connectivity index (χ1n) is 7.11. The van der Waals surface area contributed by atoms with Crippen LogP contribution in [-0.2, 0) is 9.47 Å². The fourth-order valence-corrected chi connectivity index (χ4v) is 2.60. The minimum absolute atomic E-state index is 0.0544. The fourth-order valence-electron chi connectivity index (χ4n) is 2.38. The van der Waals surface area contributed by atoms with Gasteiger partial charge in [0.15, 0.2) is 0 Å². The third kappa shape index (κ3) is 4.30. The van der Waals surface area contributed by atoms with E-state index in [0.29, 0.717) is 19.0 Å². The van der Waals surface area contributed by atoms with E-state index in [4.69, 9.17) is 25.8 Å². The Balaban J connectivity index is 1.94. The monoisotopic (exact) mass is 317 g/mol. The van der Waals surface area contributed by atoms with Crippen LogP contribution < -0.4 is 10.1 Å². The molecule has 0 aliphatic heterocycles. The number of rotatable bonds is 8. The van der Waals surface area contributed by atoms with E-state index >= 15 is 0 Å². The molecule has 3 unspecified atom stereocenters. The average Bonchev–Trinajstić information content (AvgIpc) is 2.44. The molecule has 0 aromatic heterocycles. The summed E-state index contributed by atoms with van der Waals surface area (Å²) in [6.45, 7) is 3.98. The molecule has 1 aromatic rings. The Bertz CT molecular complexity index is 461. The lowest BCUT2D eigenvalue weighted by Crippen LogP contribution is -2.61. The molecule has 1 N–H and O–H groups in total. The lowest BCUT2D eigenvalue weighted by atomic mass is 9.85. The largest absolute Gasteiger partial charge is 0.486 e. The average molecular weight is 318 g/mol. The molecule has 0 bridgehead atoms. The minimum Gasteiger partial charge on any atom is -0.486 e. The summed E-state index contributed by atoms with van der Waals surface area (Å²) in [4.78, 5) is 0. The SMILES string of the molecule is CCNC1CC(Oc2ccc(F)cc2Cl)C1OCCOC. The van der Waals surface area contributed by atoms with E-state index in [1.54, 1.807) is 13.2 Å². The lowest BCUT2D eigenvalue weighted by Gasteiger charge is -2.44. The number of likely N-dealkylation sites (N-methyl/N-ethyl adjacent to an activating group) is 1. The van der Waals surface area contributed by atoms with Crippen LogP contribution in [0.1, 0.15) is 13.3 Å². The summed E-state index contributed by atoms with van der Waals surface area (Å²) in [5.41, 5.74) is 0. The van der Waals surface area contributed by atoms with Gasteiger partial charge in [-0.15, -0.1) is 0 Å². The number of benzene rings is 1. The molecular formula is C15H21ClFNO3. The molecule has 118 valence electrons. The summed E-state index contributed by atoms with van der Waals surface area (Å²) >= 11 is 5.99. The molecule has 2 rings (SSSR count). The highest BCUT2D eigenvalue weighted by molar-refractivity contribution is 6.32. The van der Waals surface area contributed by atoms with Crippen molar-refractivity contribution >= 4 is 11.6 Å². The number of hydrogen-bond acceptors (Lipinski definition) is 4. The smallest absolute Gasteiger partial charge is 0.138 e. The zero-order valence-electron chi connectivity index (χ0n) is 12.3. The predicted octanol–water partition coefficient (Wildman–Crippen LogP) is 2.64. The van der Waals surface area contributed by atoms with Gasteiger partial charge in [-0.3, -0.25) is 0 Å². The molecular weight excluding hydrogens is 297 g/mol. The summed E-state index contributed by atoms with van der Waals surface area (Å²) < 4.78 is 29.7. The van der Waals surface area contributed by atoms with Crippen LogP contribution in [0.4, 0.5) is 4.39 Å². The van der Waals surface area contributed by atoms with Gasteiger partial charge in [-0.25, -0.2) is 4.39 Å². The summed E-state index contributed by atoms with van der Waals surface area (Å²) in [5, 5.41) is 3.64. The molecule has 1 saturated carbocycles. The zero-order chi connectivity index (χ0) is 15.2. The molecule has 3 atom stereocenters. The molecule has 4 nitrogen and oxygen atoms in total. The van der Waals surface area contributed by atoms with Gasteiger partial charge >= 0.3 is 0 Å². The van der Waals surface area contributed by atoms with Crippen LogP contribution in [0, 0.1) is 5.82 Å². The number of hydrogen-bond donors (Lipinski definition) is 1. The minimum atomic E-state index is -0.376. The molecule has 0 radical (unpaired) electrons. The first kappa shape index (κ1) is 16.5. The van der Waals surface area contributed by atoms with E-state index in [2.05, 4.69) is 12.2 Å². The Morgan fingerprint density at radius 2 is 2.19 bits per heavy atom. The Hall–Kier alpha value is -0.880. The number of methoxy groups -OCH3 is 1. The topological polar surface area (TPSA) is 39.7 Å². The predicted molar refractivity (Wildman–Crippen MR) is 79.5 cm³/mol. The molecule has 0 saturated heterocycles. The highest BCUT2D eigenvalue weighted by Crippen LogP contribution is 2.33. The van der Waals surface area contributed by atoms with E-state index in [1.807, 2.05) is 0 Å². The molecule has 1 fully saturated rings. The van der Waals surface area contributed by atoms with Crippen molar-refractivity contribution in [2.24, 2.45) is 0 Å². The number of nitrogens with one attached hydrogen (secondary N) is 1. The van der Waals surface area contributed by atoms with E-state index in [9.17, 15) is 4.39 Å². The third-order valence-electron chi connectivity index (χ3n) is 3.49. The van der Waals surface area contributed by atoms with E-state index in [0.717, 1.165) is 13.0 Å². The third-order valence-corrected chi connectivity index (χ3v) is 3.78. The van der Waals surface area contributed by atoms with Crippen molar-refractivity contribution in [2.75, 3.05) is 26.9 Å². The van der Waals surface area contributed by atoms with Crippen molar-refractivity contribution in [2.45, 2.75) is 31.6 Å². The van der Waals surface area contributed by atoms with Crippen molar-refractivity contribution in [1.29, 1.82) is 0 Å². The Morgan fingerprint density at radius 1 is 1.38 bits per heavy atom. The van der Waals surface area contributed by atoms with Gasteiger partial charge in [-0.2, -0.15) is 0 Å². The summed E-state index contributed by atoms with van der Waals surface area (Å²) in [7, 11) is 1.64. The van der Waals surface area contributed by atoms with Gasteiger partial charge in [0.1, 0.15) is 23.8 Å². The zero-order valence-corrected chi connectivity index (χ0v) is 13.0. The van der Waals surface area contributed by atoms with Gasteiger partial charge in [-0.1, -0.05) is 18.5 Å². The second kappa shape index (κ2) is 7.94. The van der Waals surface area contributed by atoms with Crippen LogP contribution in [0.25, 0.3) is 0 Å². The molecule has 0 amide bonds. The van der Waals surface area contributed by atoms with Crippen molar-refractivity contribution in [3.05, 3.63) is 29.0 Å². The maximum absolute atomic E-state index is 13.0. The summed E-state index contributed by atoms with van der Waals surface area (Å²) in [6, 6.07) is 4.39. The second-order valence-electron chi connectivity index (χ2n) is 4.96. The number of ether oxygens (including phenoxy) is 3. The van der Waals surface area contributed by atoms with Crippen LogP contribution >= 0.6 is 11.6 Å². The first-order valence-corrected chi connectivity index (χ1v) is 7.49. The molecule has 0 spiro atoms. The Labute approximate surface area is 129 Å². The molecule has 1 aliphatic carbocycles. The highest BCUT2D eigenvalue weighted by atomic mass is 35.5. The quantitative estimate of drug-likeness (QED) is 0.748. The molecule has 21 heavy (non-hydrogen) atoms. The van der Waals surface area contributed by atoms with Crippen molar-refractivity contribution in [1.82, 2.24) is 5.32 Å². The Kier molecular flexibility index (Phi) is 6.23. The van der Waals surface area contributed by atoms with E-state index < -0.39 is 0 Å². The number of halogens is 2. The molecule has 1 aliphatic rings. The van der Waals surface area contributed by atoms with Crippen LogP contribution in [-0.4, -0.2) is 45.1 Å². The van der Waals surface area contributed by atoms with Crippen LogP contribution in [0.5, 0.6) is 5.75 Å². The van der Waals surface area contributed by atoms with Gasteiger partial charge < -0.3 is 19.5 Å². The van der Waals surface area contributed by atoms with Crippen molar-refractivity contribution < 1.29 is 18.6 Å². The van der Waals surface area contributed by atoms with Crippen molar-refractivity contribution in [3.8, 4) is 5.75 Å². The van der Waals surface area contributed by atoms with Gasteiger partial charge in [-0.05, 0) is 24.7 Å². The highest BCUT2D eigenvalue weighted by Gasteiger charge is 2.43. The maximum atomic E-state index is 13.0.